The van der Waals surface area contributed by atoms with Gasteiger partial charge in [-0.05, 0) is 32.1 Å². The minimum absolute atomic E-state index is 0.0146. The van der Waals surface area contributed by atoms with Gasteiger partial charge in [-0.1, -0.05) is 128 Å². The number of hydrogen-bond acceptors (Lipinski definition) is 9. The molecule has 0 radical (unpaired) electrons. The van der Waals surface area contributed by atoms with Gasteiger partial charge < -0.3 is 29.5 Å². The lowest BCUT2D eigenvalue weighted by atomic mass is 9.90. The molecule has 0 aromatic rings. The van der Waals surface area contributed by atoms with Gasteiger partial charge in [0.25, 0.3) is 0 Å². The molecule has 12 heteroatoms. The van der Waals surface area contributed by atoms with Crippen LogP contribution in [-0.4, -0.2) is 69.2 Å². The number of carbonyl (C=O) groups excluding carboxylic acids is 3. The summed E-state index contributed by atoms with van der Waals surface area (Å²) < 4.78 is 26.3. The van der Waals surface area contributed by atoms with Gasteiger partial charge in [0.2, 0.25) is 0 Å². The number of unbranched alkanes of at least 4 members (excludes halogenated alkanes) is 14. The first-order valence-corrected chi connectivity index (χ1v) is 20.8. The largest absolute Gasteiger partial charge is 0.469 e. The number of allylic oxidation sites excluding steroid dienone is 2. The van der Waals surface area contributed by atoms with Gasteiger partial charge in [0.05, 0.1) is 18.8 Å². The molecule has 0 aromatic carbocycles. The quantitative estimate of drug-likeness (QED) is 0.0237. The summed E-state index contributed by atoms with van der Waals surface area (Å²) in [6.07, 6.45) is 24.1. The Morgan fingerprint density at radius 2 is 1.40 bits per heavy atom. The number of Topliss-reactive ketones (excluding diaryl/α,β-unsaturated/α-hetero) is 1. The minimum Gasteiger partial charge on any atom is -0.462 e. The maximum absolute atomic E-state index is 12.5. The normalized spacial score (nSPS) is 19.4. The third-order valence-electron chi connectivity index (χ3n) is 9.09. The highest BCUT2D eigenvalue weighted by Gasteiger charge is 2.39. The van der Waals surface area contributed by atoms with E-state index in [1.807, 2.05) is 12.2 Å². The number of ketones is 1. The molecule has 0 amide bonds. The van der Waals surface area contributed by atoms with Gasteiger partial charge in [-0.15, -0.1) is 0 Å². The van der Waals surface area contributed by atoms with Crippen molar-refractivity contribution in [1.29, 1.82) is 0 Å². The van der Waals surface area contributed by atoms with E-state index in [-0.39, 0.29) is 43.5 Å². The molecule has 5 atom stereocenters. The van der Waals surface area contributed by atoms with E-state index in [4.69, 9.17) is 19.3 Å². The Balaban J connectivity index is 2.36. The van der Waals surface area contributed by atoms with Crippen molar-refractivity contribution in [2.24, 2.45) is 11.8 Å². The molecule has 0 aromatic heterocycles. The third kappa shape index (κ3) is 24.3. The lowest BCUT2D eigenvalue weighted by molar-refractivity contribution is -0.161. The van der Waals surface area contributed by atoms with E-state index < -0.39 is 44.7 Å². The van der Waals surface area contributed by atoms with Crippen molar-refractivity contribution in [3.63, 3.8) is 0 Å². The summed E-state index contributed by atoms with van der Waals surface area (Å²) in [5.41, 5.74) is 0. The van der Waals surface area contributed by atoms with Crippen molar-refractivity contribution >= 4 is 25.5 Å². The monoisotopic (exact) mass is 730 g/mol. The van der Waals surface area contributed by atoms with Gasteiger partial charge >= 0.3 is 19.8 Å². The molecule has 0 aliphatic heterocycles. The smallest absolute Gasteiger partial charge is 0.462 e. The van der Waals surface area contributed by atoms with E-state index in [0.29, 0.717) is 32.1 Å². The van der Waals surface area contributed by atoms with Gasteiger partial charge in [0.15, 0.2) is 6.10 Å². The molecule has 1 fully saturated rings. The van der Waals surface area contributed by atoms with Crippen molar-refractivity contribution in [2.45, 2.75) is 173 Å². The Bertz CT molecular complexity index is 1020. The lowest BCUT2D eigenvalue weighted by Gasteiger charge is -2.18. The molecule has 1 aliphatic rings. The summed E-state index contributed by atoms with van der Waals surface area (Å²) >= 11 is 0. The zero-order valence-electron chi connectivity index (χ0n) is 30.8. The predicted molar refractivity (Wildman–Crippen MR) is 194 cm³/mol. The fourth-order valence-corrected chi connectivity index (χ4v) is 6.48. The molecule has 4 N–H and O–H groups in total. The minimum atomic E-state index is -4.82. The maximum atomic E-state index is 12.5. The van der Waals surface area contributed by atoms with Crippen LogP contribution in [0.25, 0.3) is 0 Å². The molecule has 0 bridgehead atoms. The van der Waals surface area contributed by atoms with Crippen LogP contribution in [0.3, 0.4) is 0 Å². The molecule has 1 rings (SSSR count). The molecule has 290 valence electrons. The average Bonchev–Trinajstić information content (AvgIpc) is 3.33. The number of carbonyl (C=O) groups is 3. The SMILES string of the molecule is CCCCCCCCCCCCCCC(=O)OC[C@H](COP(=O)(O)O)OC(=O)CCC/C=C\C[C@H]1C(=O)C[C@@H](O)[C@@H]1/C=C/[C@@H](O)CCCCC. The number of aliphatic hydroxyl groups excluding tert-OH is 2. The van der Waals surface area contributed by atoms with Crippen molar-refractivity contribution in [3.05, 3.63) is 24.3 Å². The third-order valence-corrected chi connectivity index (χ3v) is 9.58. The highest BCUT2D eigenvalue weighted by atomic mass is 31.2. The van der Waals surface area contributed by atoms with Crippen LogP contribution in [0.5, 0.6) is 0 Å². The molecule has 11 nitrogen and oxygen atoms in total. The topological polar surface area (TPSA) is 177 Å². The Kier molecular flexibility index (Phi) is 26.5. The molecule has 0 unspecified atom stereocenters. The maximum Gasteiger partial charge on any atom is 0.469 e. The average molecular weight is 731 g/mol. The van der Waals surface area contributed by atoms with Gasteiger partial charge in [-0.3, -0.25) is 18.9 Å². The van der Waals surface area contributed by atoms with Crippen molar-refractivity contribution in [2.75, 3.05) is 13.2 Å². The Hall–Kier alpha value is -1.88. The fraction of sp³-hybridized carbons (Fsp3) is 0.816. The first kappa shape index (κ1) is 46.1. The fourth-order valence-electron chi connectivity index (χ4n) is 6.12. The second-order valence-corrected chi connectivity index (χ2v) is 14.9. The van der Waals surface area contributed by atoms with Gasteiger partial charge in [-0.2, -0.15) is 0 Å². The second-order valence-electron chi connectivity index (χ2n) is 13.7. The zero-order valence-corrected chi connectivity index (χ0v) is 31.7. The summed E-state index contributed by atoms with van der Waals surface area (Å²) in [4.78, 5) is 55.3. The Morgan fingerprint density at radius 1 is 0.820 bits per heavy atom. The van der Waals surface area contributed by atoms with Crippen LogP contribution >= 0.6 is 7.82 Å². The highest BCUT2D eigenvalue weighted by Crippen LogP contribution is 2.36. The number of aliphatic hydroxyl groups is 2. The lowest BCUT2D eigenvalue weighted by Crippen LogP contribution is -2.29. The van der Waals surface area contributed by atoms with Gasteiger partial charge in [0.1, 0.15) is 12.4 Å². The number of esters is 2. The molecular formula is C38H67O11P. The summed E-state index contributed by atoms with van der Waals surface area (Å²) in [6.45, 7) is 3.34. The second kappa shape index (κ2) is 28.7. The van der Waals surface area contributed by atoms with Crippen molar-refractivity contribution in [3.8, 4) is 0 Å². The van der Waals surface area contributed by atoms with E-state index in [1.165, 1.54) is 51.4 Å². The number of phosphoric acid groups is 1. The van der Waals surface area contributed by atoms with Gasteiger partial charge in [-0.25, -0.2) is 4.57 Å². The van der Waals surface area contributed by atoms with Crippen LogP contribution in [0.1, 0.15) is 155 Å². The van der Waals surface area contributed by atoms with Crippen LogP contribution in [0.2, 0.25) is 0 Å². The zero-order chi connectivity index (χ0) is 37.0. The molecule has 1 aliphatic carbocycles. The Labute approximate surface area is 300 Å². The highest BCUT2D eigenvalue weighted by molar-refractivity contribution is 7.46. The van der Waals surface area contributed by atoms with Crippen LogP contribution in [0.15, 0.2) is 24.3 Å². The summed E-state index contributed by atoms with van der Waals surface area (Å²) in [5.74, 6) is -1.82. The van der Waals surface area contributed by atoms with E-state index in [9.17, 15) is 29.2 Å². The summed E-state index contributed by atoms with van der Waals surface area (Å²) in [5, 5.41) is 20.6. The van der Waals surface area contributed by atoms with Crippen LogP contribution < -0.4 is 0 Å². The van der Waals surface area contributed by atoms with Crippen molar-refractivity contribution in [1.82, 2.24) is 0 Å². The van der Waals surface area contributed by atoms with Crippen LogP contribution in [0, 0.1) is 11.8 Å². The van der Waals surface area contributed by atoms with Crippen molar-refractivity contribution < 1.29 is 52.9 Å². The van der Waals surface area contributed by atoms with E-state index in [2.05, 4.69) is 18.4 Å². The molecule has 50 heavy (non-hydrogen) atoms. The number of phosphoric ester groups is 1. The number of rotatable bonds is 31. The molecule has 0 heterocycles. The first-order chi connectivity index (χ1) is 24.0. The molecule has 1 saturated carbocycles. The summed E-state index contributed by atoms with van der Waals surface area (Å²) in [6, 6.07) is 0. The standard InChI is InChI=1S/C38H67O11P/c1-3-5-7-8-9-10-11-12-13-14-15-20-24-37(42)47-29-32(30-48-50(44,45)46)49-38(43)25-21-17-16-19-23-33-34(36(41)28-35(33)40)27-26-31(39)22-18-6-4-2/h16,19,26-27,31-34,36,39,41H,3-15,17-18,20-25,28-30H2,1-2H3,(H2,44,45,46)/b19-16-,27-26+/t31-,32+,33+,34+,36+/m0/s1. The first-order valence-electron chi connectivity index (χ1n) is 19.2. The van der Waals surface area contributed by atoms with Crippen LogP contribution in [0.4, 0.5) is 0 Å². The Morgan fingerprint density at radius 3 is 2.02 bits per heavy atom. The molecular weight excluding hydrogens is 663 g/mol. The predicted octanol–water partition coefficient (Wildman–Crippen LogP) is 7.82. The van der Waals surface area contributed by atoms with Crippen LogP contribution in [-0.2, 0) is 32.9 Å². The van der Waals surface area contributed by atoms with E-state index in [1.54, 1.807) is 12.2 Å². The molecule has 0 spiro atoms. The van der Waals surface area contributed by atoms with E-state index in [0.717, 1.165) is 38.5 Å². The molecule has 0 saturated heterocycles. The summed E-state index contributed by atoms with van der Waals surface area (Å²) in [7, 11) is -4.82. The number of hydrogen-bond donors (Lipinski definition) is 4. The van der Waals surface area contributed by atoms with E-state index >= 15 is 0 Å². The van der Waals surface area contributed by atoms with Gasteiger partial charge in [0, 0.05) is 31.1 Å². The number of ether oxygens (including phenoxy) is 2.